The first-order valence-electron chi connectivity index (χ1n) is 12.5. The second-order valence-corrected chi connectivity index (χ2v) is 11.2. The fourth-order valence-corrected chi connectivity index (χ4v) is 7.51. The fraction of sp³-hybridized carbons (Fsp3) is 0.0909. The summed E-state index contributed by atoms with van der Waals surface area (Å²) in [5.41, 5.74) is 13.5. The first-order valence-corrected chi connectivity index (χ1v) is 14.3. The molecule has 0 unspecified atom stereocenters. The van der Waals surface area contributed by atoms with E-state index in [1.54, 1.807) is 0 Å². The van der Waals surface area contributed by atoms with Crippen LogP contribution in [0.15, 0.2) is 108 Å². The van der Waals surface area contributed by atoms with Gasteiger partial charge in [0, 0.05) is 35.0 Å². The van der Waals surface area contributed by atoms with Crippen LogP contribution in [0.25, 0.3) is 32.3 Å². The van der Waals surface area contributed by atoms with Gasteiger partial charge in [0.25, 0.3) is 0 Å². The molecule has 0 aliphatic heterocycles. The lowest BCUT2D eigenvalue weighted by Crippen LogP contribution is -1.84. The van der Waals surface area contributed by atoms with Crippen molar-refractivity contribution in [1.82, 2.24) is 9.97 Å². The molecule has 9 rings (SSSR count). The highest BCUT2D eigenvalue weighted by molar-refractivity contribution is 7.20. The molecule has 0 saturated heterocycles. The smallest absolute Gasteiger partial charge is 0.0924 e. The first kappa shape index (κ1) is 22.3. The van der Waals surface area contributed by atoms with Crippen molar-refractivity contribution in [3.8, 4) is 32.3 Å². The molecule has 2 nitrogen and oxygen atoms in total. The average Bonchev–Trinajstić information content (AvgIpc) is 3.75. The minimum atomic E-state index is 0.979. The lowest BCUT2D eigenvalue weighted by atomic mass is 10.1. The molecule has 3 aliphatic rings. The van der Waals surface area contributed by atoms with E-state index < -0.39 is 0 Å². The number of rotatable bonds is 0. The molecule has 2 aromatic carbocycles. The van der Waals surface area contributed by atoms with E-state index in [9.17, 15) is 0 Å². The maximum Gasteiger partial charge on any atom is 0.0924 e. The Morgan fingerprint density at radius 1 is 0.432 bits per heavy atom. The lowest BCUT2D eigenvalue weighted by Gasteiger charge is -1.98. The molecule has 0 atom stereocenters. The van der Waals surface area contributed by atoms with Gasteiger partial charge in [-0.05, 0) is 86.0 Å². The van der Waals surface area contributed by atoms with E-state index in [2.05, 4.69) is 93.5 Å². The number of hydrogen-bond acceptors (Lipinski definition) is 4. The summed E-state index contributed by atoms with van der Waals surface area (Å²) in [7, 11) is 0. The Morgan fingerprint density at radius 3 is 1.41 bits per heavy atom. The van der Waals surface area contributed by atoms with Crippen molar-refractivity contribution >= 4 is 22.7 Å². The molecule has 178 valence electrons. The zero-order valence-corrected chi connectivity index (χ0v) is 21.9. The van der Waals surface area contributed by atoms with E-state index in [-0.39, 0.29) is 0 Å². The van der Waals surface area contributed by atoms with Gasteiger partial charge in [-0.2, -0.15) is 0 Å². The number of thiophene rings is 2. The summed E-state index contributed by atoms with van der Waals surface area (Å²) < 4.78 is 0. The molecule has 4 heterocycles. The van der Waals surface area contributed by atoms with Gasteiger partial charge in [0.2, 0.25) is 0 Å². The molecule has 37 heavy (non-hydrogen) atoms. The number of benzene rings is 2. The molecule has 0 spiro atoms. The van der Waals surface area contributed by atoms with Crippen LogP contribution in [0.3, 0.4) is 0 Å². The van der Waals surface area contributed by atoms with Crippen LogP contribution in [0.4, 0.5) is 0 Å². The number of fused-ring (bicyclic) bond motifs is 9. The van der Waals surface area contributed by atoms with Gasteiger partial charge in [0.1, 0.15) is 0 Å². The molecular weight excluding hydrogens is 489 g/mol. The minimum absolute atomic E-state index is 0.979. The van der Waals surface area contributed by atoms with Gasteiger partial charge in [-0.1, -0.05) is 60.7 Å². The first-order chi connectivity index (χ1) is 18.3. The Hall–Kier alpha value is -3.86. The zero-order chi connectivity index (χ0) is 24.6. The maximum absolute atomic E-state index is 4.34. The van der Waals surface area contributed by atoms with Gasteiger partial charge in [-0.15, -0.1) is 22.7 Å². The van der Waals surface area contributed by atoms with Crippen molar-refractivity contribution in [2.45, 2.75) is 19.3 Å². The molecule has 0 fully saturated rings. The summed E-state index contributed by atoms with van der Waals surface area (Å²) in [5.74, 6) is 0. The predicted molar refractivity (Wildman–Crippen MR) is 155 cm³/mol. The lowest BCUT2D eigenvalue weighted by molar-refractivity contribution is 1.22. The molecule has 0 saturated carbocycles. The summed E-state index contributed by atoms with van der Waals surface area (Å²) in [5, 5.41) is 4.38. The molecule has 6 aromatic rings. The molecule has 0 amide bonds. The highest BCUT2D eigenvalue weighted by atomic mass is 32.1. The molecule has 0 bridgehead atoms. The summed E-state index contributed by atoms with van der Waals surface area (Å²) in [6.45, 7) is 0. The maximum atomic E-state index is 4.34. The molecule has 4 heteroatoms. The largest absolute Gasteiger partial charge is 0.254 e. The van der Waals surface area contributed by atoms with Crippen LogP contribution in [-0.4, -0.2) is 9.97 Å². The Morgan fingerprint density at radius 2 is 0.865 bits per heavy atom. The molecule has 0 radical (unpaired) electrons. The van der Waals surface area contributed by atoms with Gasteiger partial charge in [0.05, 0.1) is 11.4 Å². The third-order valence-corrected chi connectivity index (χ3v) is 9.25. The summed E-state index contributed by atoms with van der Waals surface area (Å²) in [6, 6.07) is 30.0. The van der Waals surface area contributed by atoms with E-state index in [0.29, 0.717) is 0 Å². The number of hydrogen-bond donors (Lipinski definition) is 0. The normalized spacial score (nSPS) is 12.5. The van der Waals surface area contributed by atoms with Gasteiger partial charge in [-0.25, -0.2) is 0 Å². The highest BCUT2D eigenvalue weighted by Gasteiger charge is 2.20. The number of aromatic nitrogens is 2. The highest BCUT2D eigenvalue weighted by Crippen LogP contribution is 2.43. The van der Waals surface area contributed by atoms with E-state index in [1.807, 2.05) is 47.2 Å². The number of pyridine rings is 2. The summed E-state index contributed by atoms with van der Waals surface area (Å²) in [6.07, 6.45) is 6.89. The van der Waals surface area contributed by atoms with Gasteiger partial charge in [-0.3, -0.25) is 9.97 Å². The minimum Gasteiger partial charge on any atom is -0.254 e. The fourth-order valence-electron chi connectivity index (χ4n) is 5.43. The van der Waals surface area contributed by atoms with Crippen LogP contribution in [0.1, 0.15) is 33.4 Å². The van der Waals surface area contributed by atoms with Gasteiger partial charge < -0.3 is 0 Å². The topological polar surface area (TPSA) is 25.8 Å². The van der Waals surface area contributed by atoms with Crippen LogP contribution < -0.4 is 0 Å². The second-order valence-electron chi connectivity index (χ2n) is 9.42. The molecule has 0 N–H and O–H groups in total. The average molecular weight is 513 g/mol. The van der Waals surface area contributed by atoms with Crippen LogP contribution in [0.2, 0.25) is 0 Å². The standard InChI is InChI=1S/C13H10.C11H8N2.C9H6S2/c1-3-7-12-10(5-1)9-11-6-2-4-8-13(11)12;1-3-8-7-9-4-2-6-13-11(9)10(8)12-5-1;1-3-10-8-6(1)5-7-2-4-11-9(7)8/h1-8H,9H2;1-6H,7H2;1-4H,5H2. The zero-order valence-electron chi connectivity index (χ0n) is 20.2. The van der Waals surface area contributed by atoms with Crippen molar-refractivity contribution in [1.29, 1.82) is 0 Å². The van der Waals surface area contributed by atoms with E-state index in [1.165, 1.54) is 54.3 Å². The van der Waals surface area contributed by atoms with Crippen LogP contribution in [0, 0.1) is 0 Å². The third-order valence-electron chi connectivity index (χ3n) is 7.17. The van der Waals surface area contributed by atoms with E-state index in [4.69, 9.17) is 0 Å². The monoisotopic (exact) mass is 512 g/mol. The van der Waals surface area contributed by atoms with Gasteiger partial charge in [0.15, 0.2) is 0 Å². The van der Waals surface area contributed by atoms with E-state index >= 15 is 0 Å². The molecule has 3 aliphatic carbocycles. The van der Waals surface area contributed by atoms with Crippen LogP contribution >= 0.6 is 22.7 Å². The Balaban J connectivity index is 0.0000000941. The van der Waals surface area contributed by atoms with Crippen LogP contribution in [-0.2, 0) is 19.3 Å². The number of nitrogens with zero attached hydrogens (tertiary/aromatic N) is 2. The molecular formula is C33H24N2S2. The third kappa shape index (κ3) is 4.12. The SMILES string of the molecule is c1cc2c(s1)-c1sccc1C2.c1ccc2c(c1)Cc1ccccc1-2.c1cnc2c(c1)Cc1cccnc1-2. The quantitative estimate of drug-likeness (QED) is 0.203. The van der Waals surface area contributed by atoms with E-state index in [0.717, 1.165) is 30.7 Å². The van der Waals surface area contributed by atoms with Crippen molar-refractivity contribution in [3.63, 3.8) is 0 Å². The summed E-state index contributed by atoms with van der Waals surface area (Å²) in [4.78, 5) is 11.7. The Labute approximate surface area is 225 Å². The Bertz CT molecular complexity index is 1510. The van der Waals surface area contributed by atoms with Gasteiger partial charge >= 0.3 is 0 Å². The van der Waals surface area contributed by atoms with Crippen LogP contribution in [0.5, 0.6) is 0 Å². The summed E-state index contributed by atoms with van der Waals surface area (Å²) >= 11 is 3.74. The second kappa shape index (κ2) is 9.55. The predicted octanol–water partition coefficient (Wildman–Crippen LogP) is 8.69. The Kier molecular flexibility index (Phi) is 5.77. The van der Waals surface area contributed by atoms with Crippen molar-refractivity contribution in [2.24, 2.45) is 0 Å². The van der Waals surface area contributed by atoms with Crippen molar-refractivity contribution in [3.05, 3.63) is 141 Å². The molecule has 4 aromatic heterocycles. The van der Waals surface area contributed by atoms with Crippen molar-refractivity contribution in [2.75, 3.05) is 0 Å². The van der Waals surface area contributed by atoms with Crippen molar-refractivity contribution < 1.29 is 0 Å².